The summed E-state index contributed by atoms with van der Waals surface area (Å²) in [5, 5.41) is 18.3. The zero-order valence-electron chi connectivity index (χ0n) is 8.72. The summed E-state index contributed by atoms with van der Waals surface area (Å²) in [5.41, 5.74) is -1.28. The van der Waals surface area contributed by atoms with Crippen LogP contribution >= 0.6 is 0 Å². The van der Waals surface area contributed by atoms with Crippen molar-refractivity contribution in [1.29, 1.82) is 10.5 Å². The minimum atomic E-state index is -1.28. The number of hydrogen-bond acceptors (Lipinski definition) is 4. The van der Waals surface area contributed by atoms with Crippen LogP contribution in [0.5, 0.6) is 0 Å². The minimum Gasteiger partial charge on any atom is -0.239 e. The van der Waals surface area contributed by atoms with Gasteiger partial charge in [-0.2, -0.15) is 10.5 Å². The lowest BCUT2D eigenvalue weighted by Crippen LogP contribution is -2.24. The first-order valence-corrected chi connectivity index (χ1v) is 4.82. The molecule has 0 aliphatic carbocycles. The van der Waals surface area contributed by atoms with Crippen LogP contribution in [-0.2, 0) is 5.41 Å². The van der Waals surface area contributed by atoms with E-state index in [0.717, 1.165) is 0 Å². The monoisotopic (exact) mass is 210 g/mol. The van der Waals surface area contributed by atoms with E-state index in [1.807, 2.05) is 12.1 Å². The Morgan fingerprint density at radius 1 is 1.25 bits per heavy atom. The van der Waals surface area contributed by atoms with Gasteiger partial charge in [-0.25, -0.2) is 9.97 Å². The first-order valence-electron chi connectivity index (χ1n) is 4.82. The topological polar surface area (TPSA) is 73.4 Å². The molecule has 0 saturated carbocycles. The SMILES string of the molecule is C#CCCCC(C#N)(C#N)c1ncccn1. The summed E-state index contributed by atoms with van der Waals surface area (Å²) in [6.07, 6.45) is 9.68. The summed E-state index contributed by atoms with van der Waals surface area (Å²) in [6, 6.07) is 5.61. The molecule has 0 spiro atoms. The van der Waals surface area contributed by atoms with Gasteiger partial charge in [0.2, 0.25) is 5.41 Å². The third-order valence-electron chi connectivity index (χ3n) is 2.20. The van der Waals surface area contributed by atoms with Crippen LogP contribution in [0.15, 0.2) is 18.5 Å². The number of unbranched alkanes of at least 4 members (excludes halogenated alkanes) is 1. The minimum absolute atomic E-state index is 0.247. The van der Waals surface area contributed by atoms with Crippen molar-refractivity contribution in [2.45, 2.75) is 24.7 Å². The van der Waals surface area contributed by atoms with Crippen LogP contribution in [0.1, 0.15) is 25.1 Å². The summed E-state index contributed by atoms with van der Waals surface area (Å²) >= 11 is 0. The van der Waals surface area contributed by atoms with E-state index in [-0.39, 0.29) is 5.82 Å². The highest BCUT2D eigenvalue weighted by atomic mass is 14.9. The van der Waals surface area contributed by atoms with Crippen LogP contribution in [0.25, 0.3) is 0 Å². The predicted octanol–water partition coefficient (Wildman–Crippen LogP) is 1.57. The summed E-state index contributed by atoms with van der Waals surface area (Å²) in [4.78, 5) is 7.93. The zero-order valence-corrected chi connectivity index (χ0v) is 8.72. The lowest BCUT2D eigenvalue weighted by Gasteiger charge is -2.15. The number of rotatable bonds is 4. The summed E-state index contributed by atoms with van der Waals surface area (Å²) < 4.78 is 0. The molecule has 1 rings (SSSR count). The van der Waals surface area contributed by atoms with E-state index in [1.165, 1.54) is 12.4 Å². The second-order valence-electron chi connectivity index (χ2n) is 3.26. The molecular formula is C12H10N4. The molecule has 0 aromatic carbocycles. The van der Waals surface area contributed by atoms with E-state index >= 15 is 0 Å². The molecule has 0 amide bonds. The van der Waals surface area contributed by atoms with Crippen molar-refractivity contribution in [2.75, 3.05) is 0 Å². The lowest BCUT2D eigenvalue weighted by molar-refractivity contribution is 0.565. The standard InChI is InChI=1S/C12H10N4/c1-2-3-4-6-12(9-13,10-14)11-15-7-5-8-16-11/h1,5,7-8H,3-4,6H2. The average Bonchev–Trinajstić information content (AvgIpc) is 2.36. The summed E-state index contributed by atoms with van der Waals surface area (Å²) in [7, 11) is 0. The van der Waals surface area contributed by atoms with Crippen LogP contribution in [-0.4, -0.2) is 9.97 Å². The summed E-state index contributed by atoms with van der Waals surface area (Å²) in [6.45, 7) is 0. The molecule has 1 aromatic heterocycles. The molecule has 0 N–H and O–H groups in total. The third kappa shape index (κ3) is 2.35. The van der Waals surface area contributed by atoms with E-state index in [9.17, 15) is 0 Å². The number of nitriles is 2. The third-order valence-corrected chi connectivity index (χ3v) is 2.20. The van der Waals surface area contributed by atoms with Crippen LogP contribution in [0.3, 0.4) is 0 Å². The van der Waals surface area contributed by atoms with Crippen molar-refractivity contribution in [2.24, 2.45) is 0 Å². The second kappa shape index (κ2) is 5.49. The molecule has 0 unspecified atom stereocenters. The average molecular weight is 210 g/mol. The molecule has 16 heavy (non-hydrogen) atoms. The van der Waals surface area contributed by atoms with E-state index in [0.29, 0.717) is 19.3 Å². The van der Waals surface area contributed by atoms with Crippen molar-refractivity contribution in [3.8, 4) is 24.5 Å². The molecule has 1 aromatic rings. The van der Waals surface area contributed by atoms with Crippen LogP contribution in [0, 0.1) is 35.0 Å². The largest absolute Gasteiger partial charge is 0.239 e. The Bertz CT molecular complexity index is 445. The first kappa shape index (κ1) is 11.7. The molecule has 78 valence electrons. The van der Waals surface area contributed by atoms with Crippen LogP contribution < -0.4 is 0 Å². The van der Waals surface area contributed by atoms with Crippen molar-refractivity contribution in [3.05, 3.63) is 24.3 Å². The number of aromatic nitrogens is 2. The first-order chi connectivity index (χ1) is 7.79. The van der Waals surface area contributed by atoms with Crippen LogP contribution in [0.4, 0.5) is 0 Å². The molecule has 0 fully saturated rings. The molecular weight excluding hydrogens is 200 g/mol. The van der Waals surface area contributed by atoms with Gasteiger partial charge in [-0.05, 0) is 18.9 Å². The quantitative estimate of drug-likeness (QED) is 0.558. The van der Waals surface area contributed by atoms with Gasteiger partial charge in [0.15, 0.2) is 5.82 Å². The molecule has 0 bridgehead atoms. The van der Waals surface area contributed by atoms with Crippen LogP contribution in [0.2, 0.25) is 0 Å². The molecule has 0 aliphatic rings. The lowest BCUT2D eigenvalue weighted by atomic mass is 9.85. The normalized spacial score (nSPS) is 9.81. The Balaban J connectivity index is 2.96. The van der Waals surface area contributed by atoms with Gasteiger partial charge in [-0.15, -0.1) is 12.3 Å². The Kier molecular flexibility index (Phi) is 4.01. The van der Waals surface area contributed by atoms with Crippen molar-refractivity contribution in [3.63, 3.8) is 0 Å². The number of terminal acetylenes is 1. The van der Waals surface area contributed by atoms with Crippen molar-refractivity contribution < 1.29 is 0 Å². The van der Waals surface area contributed by atoms with Crippen molar-refractivity contribution >= 4 is 0 Å². The fraction of sp³-hybridized carbons (Fsp3) is 0.333. The molecule has 4 heteroatoms. The van der Waals surface area contributed by atoms with E-state index < -0.39 is 5.41 Å². The highest BCUT2D eigenvalue weighted by Crippen LogP contribution is 2.25. The van der Waals surface area contributed by atoms with E-state index in [1.54, 1.807) is 6.07 Å². The predicted molar refractivity (Wildman–Crippen MR) is 57.6 cm³/mol. The maximum Gasteiger partial charge on any atom is 0.202 e. The summed E-state index contributed by atoms with van der Waals surface area (Å²) in [5.74, 6) is 2.73. The fourth-order valence-corrected chi connectivity index (χ4v) is 1.32. The Morgan fingerprint density at radius 3 is 2.38 bits per heavy atom. The fourth-order valence-electron chi connectivity index (χ4n) is 1.32. The van der Waals surface area contributed by atoms with Gasteiger partial charge in [-0.1, -0.05) is 0 Å². The molecule has 4 nitrogen and oxygen atoms in total. The van der Waals surface area contributed by atoms with Gasteiger partial charge in [0.25, 0.3) is 0 Å². The highest BCUT2D eigenvalue weighted by molar-refractivity contribution is 5.31. The smallest absolute Gasteiger partial charge is 0.202 e. The van der Waals surface area contributed by atoms with Gasteiger partial charge in [-0.3, -0.25) is 0 Å². The van der Waals surface area contributed by atoms with E-state index in [4.69, 9.17) is 16.9 Å². The molecule has 0 aliphatic heterocycles. The Labute approximate surface area is 94.6 Å². The molecule has 0 saturated heterocycles. The number of hydrogen-bond donors (Lipinski definition) is 0. The van der Waals surface area contributed by atoms with E-state index in [2.05, 4.69) is 15.9 Å². The van der Waals surface area contributed by atoms with Gasteiger partial charge in [0, 0.05) is 18.8 Å². The Morgan fingerprint density at radius 2 is 1.88 bits per heavy atom. The maximum atomic E-state index is 9.13. The second-order valence-corrected chi connectivity index (χ2v) is 3.26. The zero-order chi connectivity index (χ0) is 11.9. The van der Waals surface area contributed by atoms with Gasteiger partial charge >= 0.3 is 0 Å². The Hall–Kier alpha value is -2.38. The molecule has 0 radical (unpaired) electrons. The van der Waals surface area contributed by atoms with Gasteiger partial charge in [0.05, 0.1) is 12.1 Å². The van der Waals surface area contributed by atoms with Gasteiger partial charge < -0.3 is 0 Å². The van der Waals surface area contributed by atoms with Crippen molar-refractivity contribution in [1.82, 2.24) is 9.97 Å². The highest BCUT2D eigenvalue weighted by Gasteiger charge is 2.34. The molecule has 0 atom stereocenters. The number of nitrogens with zero attached hydrogens (tertiary/aromatic N) is 4. The molecule has 1 heterocycles. The van der Waals surface area contributed by atoms with Gasteiger partial charge in [0.1, 0.15) is 0 Å². The maximum absolute atomic E-state index is 9.13.